The van der Waals surface area contributed by atoms with Crippen LogP contribution >= 0.6 is 0 Å². The molecule has 10 nitrogen and oxygen atoms in total. The lowest BCUT2D eigenvalue weighted by atomic mass is 10.2. The Labute approximate surface area is 165 Å². The number of nitrogens with zero attached hydrogens (tertiary/aromatic N) is 1. The number of aliphatic hydroxyl groups excluding tert-OH is 1. The molecule has 0 fully saturated rings. The van der Waals surface area contributed by atoms with Gasteiger partial charge in [-0.15, -0.1) is 0 Å². The summed E-state index contributed by atoms with van der Waals surface area (Å²) in [6.45, 7) is 1.33. The predicted molar refractivity (Wildman–Crippen MR) is 103 cm³/mol. The number of benzene rings is 1. The minimum atomic E-state index is -1.02. The Balaban J connectivity index is 1.65. The van der Waals surface area contributed by atoms with E-state index in [4.69, 9.17) is 18.6 Å². The number of para-hydroxylation sites is 1. The Morgan fingerprint density at radius 2 is 2.00 bits per heavy atom. The molecule has 1 atom stereocenters. The van der Waals surface area contributed by atoms with Crippen LogP contribution in [0.1, 0.15) is 16.1 Å². The second kappa shape index (κ2) is 8.65. The molecule has 0 aliphatic carbocycles. The molecule has 2 heterocycles. The smallest absolute Gasteiger partial charge is 0.262 e. The number of aromatic amines is 1. The lowest BCUT2D eigenvalue weighted by molar-refractivity contribution is 0.0833. The third kappa shape index (κ3) is 4.16. The average molecular weight is 403 g/mol. The van der Waals surface area contributed by atoms with Crippen LogP contribution in [0.25, 0.3) is 11.1 Å². The molecular weight excluding hydrogens is 382 g/mol. The predicted octanol–water partition coefficient (Wildman–Crippen LogP) is 1.01. The number of aryl methyl sites for hydroxylation is 1. The molecule has 3 aromatic rings. The third-order valence-electron chi connectivity index (χ3n) is 4.20. The molecule has 1 unspecified atom stereocenters. The van der Waals surface area contributed by atoms with Crippen LogP contribution in [-0.2, 0) is 0 Å². The fourth-order valence-corrected chi connectivity index (χ4v) is 2.82. The molecule has 3 rings (SSSR count). The van der Waals surface area contributed by atoms with Crippen LogP contribution in [-0.4, -0.2) is 54.5 Å². The molecule has 1 aromatic carbocycles. The minimum Gasteiger partial charge on any atom is -0.493 e. The summed E-state index contributed by atoms with van der Waals surface area (Å²) < 4.78 is 21.4. The molecular formula is C19H21N3O7. The summed E-state index contributed by atoms with van der Waals surface area (Å²) in [6.07, 6.45) is 0.172. The van der Waals surface area contributed by atoms with Gasteiger partial charge in [-0.1, -0.05) is 6.07 Å². The van der Waals surface area contributed by atoms with Gasteiger partial charge in [-0.2, -0.15) is 0 Å². The van der Waals surface area contributed by atoms with Crippen molar-refractivity contribution in [2.45, 2.75) is 13.0 Å². The first kappa shape index (κ1) is 20.2. The molecule has 154 valence electrons. The van der Waals surface area contributed by atoms with E-state index in [0.717, 1.165) is 0 Å². The number of carbonyl (C=O) groups excluding carboxylic acids is 1. The number of hydrogen-bond donors (Lipinski definition) is 3. The summed E-state index contributed by atoms with van der Waals surface area (Å²) in [5.41, 5.74) is -0.332. The van der Waals surface area contributed by atoms with Gasteiger partial charge in [-0.25, -0.2) is 4.98 Å². The number of aromatic nitrogens is 2. The maximum atomic E-state index is 12.5. The standard InChI is InChI=1S/C19H21N3O7/c1-10-14(15-18(25)21-9-22-19(15)29-10)17(24)20-7-11(23)8-28-16-12(26-2)5-4-6-13(16)27-3/h4-6,9,11,23H,7-8H2,1-3H3,(H,20,24)(H,21,22,25). The van der Waals surface area contributed by atoms with Gasteiger partial charge in [0.25, 0.3) is 11.5 Å². The van der Waals surface area contributed by atoms with Crippen molar-refractivity contribution in [3.8, 4) is 17.2 Å². The normalized spacial score (nSPS) is 11.9. The van der Waals surface area contributed by atoms with Gasteiger partial charge < -0.3 is 34.0 Å². The van der Waals surface area contributed by atoms with Crippen molar-refractivity contribution in [3.05, 3.63) is 46.2 Å². The van der Waals surface area contributed by atoms with E-state index >= 15 is 0 Å². The second-order valence-corrected chi connectivity index (χ2v) is 6.11. The molecule has 0 aliphatic rings. The van der Waals surface area contributed by atoms with Gasteiger partial charge in [-0.05, 0) is 19.1 Å². The Bertz CT molecular complexity index is 1050. The quantitative estimate of drug-likeness (QED) is 0.507. The van der Waals surface area contributed by atoms with Crippen molar-refractivity contribution in [1.29, 1.82) is 0 Å². The van der Waals surface area contributed by atoms with E-state index in [1.165, 1.54) is 20.5 Å². The van der Waals surface area contributed by atoms with E-state index in [-0.39, 0.29) is 35.6 Å². The van der Waals surface area contributed by atoms with Gasteiger partial charge in [0.05, 0.1) is 26.1 Å². The number of rotatable bonds is 8. The van der Waals surface area contributed by atoms with Gasteiger partial charge in [0.1, 0.15) is 23.9 Å². The molecule has 29 heavy (non-hydrogen) atoms. The zero-order valence-corrected chi connectivity index (χ0v) is 16.1. The molecule has 0 bridgehead atoms. The van der Waals surface area contributed by atoms with Gasteiger partial charge in [0, 0.05) is 6.54 Å². The molecule has 10 heteroatoms. The lowest BCUT2D eigenvalue weighted by Gasteiger charge is -2.17. The first-order chi connectivity index (χ1) is 14.0. The molecule has 0 saturated heterocycles. The third-order valence-corrected chi connectivity index (χ3v) is 4.20. The second-order valence-electron chi connectivity index (χ2n) is 6.11. The summed E-state index contributed by atoms with van der Waals surface area (Å²) >= 11 is 0. The number of methoxy groups -OCH3 is 2. The monoisotopic (exact) mass is 403 g/mol. The molecule has 0 spiro atoms. The summed E-state index contributed by atoms with van der Waals surface area (Å²) in [6, 6.07) is 5.14. The number of amides is 1. The van der Waals surface area contributed by atoms with Crippen molar-refractivity contribution in [1.82, 2.24) is 15.3 Å². The number of aliphatic hydroxyl groups is 1. The van der Waals surface area contributed by atoms with E-state index in [2.05, 4.69) is 15.3 Å². The highest BCUT2D eigenvalue weighted by Gasteiger charge is 2.22. The van der Waals surface area contributed by atoms with Gasteiger partial charge in [0.2, 0.25) is 11.5 Å². The Kier molecular flexibility index (Phi) is 6.03. The zero-order valence-electron chi connectivity index (χ0n) is 16.1. The topological polar surface area (TPSA) is 136 Å². The SMILES string of the molecule is COc1cccc(OC)c1OCC(O)CNC(=O)c1c(C)oc2nc[nH]c(=O)c12. The fourth-order valence-electron chi connectivity index (χ4n) is 2.82. The number of nitrogens with one attached hydrogen (secondary N) is 2. The highest BCUT2D eigenvalue weighted by molar-refractivity contribution is 6.06. The van der Waals surface area contributed by atoms with E-state index in [0.29, 0.717) is 17.2 Å². The molecule has 0 aliphatic heterocycles. The van der Waals surface area contributed by atoms with Crippen LogP contribution in [0.5, 0.6) is 17.2 Å². The van der Waals surface area contributed by atoms with Gasteiger partial charge in [0.15, 0.2) is 11.5 Å². The molecule has 1 amide bonds. The highest BCUT2D eigenvalue weighted by Crippen LogP contribution is 2.36. The van der Waals surface area contributed by atoms with E-state index in [9.17, 15) is 14.7 Å². The van der Waals surface area contributed by atoms with Crippen molar-refractivity contribution >= 4 is 17.0 Å². The molecule has 0 radical (unpaired) electrons. The lowest BCUT2D eigenvalue weighted by Crippen LogP contribution is -2.35. The number of H-pyrrole nitrogens is 1. The van der Waals surface area contributed by atoms with E-state index in [1.54, 1.807) is 25.1 Å². The van der Waals surface area contributed by atoms with Crippen molar-refractivity contribution in [2.24, 2.45) is 0 Å². The van der Waals surface area contributed by atoms with Crippen LogP contribution in [0.3, 0.4) is 0 Å². The minimum absolute atomic E-state index is 0.0620. The van der Waals surface area contributed by atoms with Crippen molar-refractivity contribution < 1.29 is 28.5 Å². The first-order valence-corrected chi connectivity index (χ1v) is 8.73. The van der Waals surface area contributed by atoms with Crippen LogP contribution in [0, 0.1) is 6.92 Å². The summed E-state index contributed by atoms with van der Waals surface area (Å²) in [4.78, 5) is 30.8. The number of carbonyl (C=O) groups is 1. The van der Waals surface area contributed by atoms with Crippen LogP contribution in [0.4, 0.5) is 0 Å². The van der Waals surface area contributed by atoms with Gasteiger partial charge in [-0.3, -0.25) is 9.59 Å². The maximum Gasteiger partial charge on any atom is 0.262 e. The van der Waals surface area contributed by atoms with Gasteiger partial charge >= 0.3 is 0 Å². The fraction of sp³-hybridized carbons (Fsp3) is 0.316. The zero-order chi connectivity index (χ0) is 21.0. The summed E-state index contributed by atoms with van der Waals surface area (Å²) in [5, 5.41) is 12.8. The number of hydrogen-bond acceptors (Lipinski definition) is 8. The van der Waals surface area contributed by atoms with E-state index < -0.39 is 17.6 Å². The van der Waals surface area contributed by atoms with Crippen molar-refractivity contribution in [3.63, 3.8) is 0 Å². The highest BCUT2D eigenvalue weighted by atomic mass is 16.5. The van der Waals surface area contributed by atoms with Crippen LogP contribution in [0.2, 0.25) is 0 Å². The van der Waals surface area contributed by atoms with Crippen LogP contribution in [0.15, 0.2) is 33.7 Å². The number of fused-ring (bicyclic) bond motifs is 1. The maximum absolute atomic E-state index is 12.5. The number of furan rings is 1. The first-order valence-electron chi connectivity index (χ1n) is 8.73. The van der Waals surface area contributed by atoms with Crippen LogP contribution < -0.4 is 25.1 Å². The molecule has 2 aromatic heterocycles. The van der Waals surface area contributed by atoms with E-state index in [1.807, 2.05) is 0 Å². The molecule has 3 N–H and O–H groups in total. The average Bonchev–Trinajstić information content (AvgIpc) is 3.07. The summed E-state index contributed by atoms with van der Waals surface area (Å²) in [7, 11) is 2.98. The Morgan fingerprint density at radius 1 is 1.31 bits per heavy atom. The van der Waals surface area contributed by atoms with Crippen molar-refractivity contribution in [2.75, 3.05) is 27.4 Å². The molecule has 0 saturated carbocycles. The Hall–Kier alpha value is -3.53. The Morgan fingerprint density at radius 3 is 2.66 bits per heavy atom. The largest absolute Gasteiger partial charge is 0.493 e. The number of ether oxygens (including phenoxy) is 3. The summed E-state index contributed by atoms with van der Waals surface area (Å²) in [5.74, 6) is 0.942.